The van der Waals surface area contributed by atoms with Crippen LogP contribution in [0.15, 0.2) is 12.3 Å². The molecule has 0 fully saturated rings. The van der Waals surface area contributed by atoms with Crippen molar-refractivity contribution in [3.8, 4) is 0 Å². The van der Waals surface area contributed by atoms with Crippen LogP contribution >= 0.6 is 0 Å². The Balaban J connectivity index is 2.66. The summed E-state index contributed by atoms with van der Waals surface area (Å²) in [6, 6.07) is 0.960. The van der Waals surface area contributed by atoms with Crippen molar-refractivity contribution in [2.75, 3.05) is 6.61 Å². The molecule has 0 atom stereocenters. The molecule has 1 rings (SSSR count). The lowest BCUT2D eigenvalue weighted by Crippen LogP contribution is -2.30. The van der Waals surface area contributed by atoms with E-state index in [1.165, 1.54) is 0 Å². The maximum Gasteiger partial charge on any atom is 0.278 e. The van der Waals surface area contributed by atoms with Gasteiger partial charge in [0.25, 0.3) is 5.91 Å². The third kappa shape index (κ3) is 2.95. The topological polar surface area (TPSA) is 94.3 Å². The third-order valence-corrected chi connectivity index (χ3v) is 1.47. The van der Waals surface area contributed by atoms with Crippen molar-refractivity contribution in [2.45, 2.75) is 0 Å². The van der Waals surface area contributed by atoms with Crippen molar-refractivity contribution in [1.82, 2.24) is 10.5 Å². The van der Waals surface area contributed by atoms with Crippen molar-refractivity contribution < 1.29 is 23.2 Å². The Morgan fingerprint density at radius 2 is 2.19 bits per heavy atom. The molecule has 0 saturated carbocycles. The number of hydrogen-bond donors (Lipinski definition) is 2. The molecule has 0 aliphatic carbocycles. The van der Waals surface area contributed by atoms with Gasteiger partial charge in [-0.1, -0.05) is 0 Å². The van der Waals surface area contributed by atoms with E-state index in [0.717, 1.165) is 12.3 Å². The predicted octanol–water partition coefficient (Wildman–Crippen LogP) is -0.494. The maximum atomic E-state index is 13.0. The summed E-state index contributed by atoms with van der Waals surface area (Å²) in [5, 5.41) is 0. The van der Waals surface area contributed by atoms with E-state index in [0.29, 0.717) is 0 Å². The summed E-state index contributed by atoms with van der Waals surface area (Å²) in [5.41, 5.74) is 5.85. The lowest BCUT2D eigenvalue weighted by molar-refractivity contribution is -0.124. The highest BCUT2D eigenvalue weighted by Crippen LogP contribution is 2.08. The van der Waals surface area contributed by atoms with Crippen LogP contribution in [0.1, 0.15) is 10.4 Å². The fraction of sp³-hybridized carbons (Fsp3) is 0.125. The minimum absolute atomic E-state index is 0.569. The summed E-state index contributed by atoms with van der Waals surface area (Å²) in [6.07, 6.45) is 0.918. The average molecular weight is 231 g/mol. The minimum atomic E-state index is -1.40. The second-order valence-corrected chi connectivity index (χ2v) is 2.65. The Morgan fingerprint density at radius 1 is 1.50 bits per heavy atom. The summed E-state index contributed by atoms with van der Waals surface area (Å²) in [5.74, 6) is -4.66. The fourth-order valence-corrected chi connectivity index (χ4v) is 0.821. The van der Waals surface area contributed by atoms with E-state index in [1.807, 2.05) is 0 Å². The van der Waals surface area contributed by atoms with Gasteiger partial charge in [-0.05, 0) is 6.07 Å². The van der Waals surface area contributed by atoms with Gasteiger partial charge in [0.05, 0.1) is 5.56 Å². The molecule has 3 N–H and O–H groups in total. The SMILES string of the molecule is NC(=O)CONC(=O)c1ccnc(F)c1F. The molecule has 0 unspecified atom stereocenters. The standard InChI is InChI=1S/C8H7F2N3O3/c9-6-4(1-2-12-7(6)10)8(15)13-16-3-5(11)14/h1-2H,3H2,(H2,11,14)(H,13,15). The average Bonchev–Trinajstić information content (AvgIpc) is 2.21. The molecule has 0 bridgehead atoms. The van der Waals surface area contributed by atoms with E-state index in [2.05, 4.69) is 9.82 Å². The Kier molecular flexibility index (Phi) is 3.84. The molecule has 0 aliphatic heterocycles. The van der Waals surface area contributed by atoms with Gasteiger partial charge in [-0.25, -0.2) is 14.9 Å². The molecule has 0 radical (unpaired) electrons. The highest BCUT2D eigenvalue weighted by molar-refractivity contribution is 5.93. The van der Waals surface area contributed by atoms with Crippen molar-refractivity contribution in [3.05, 3.63) is 29.6 Å². The number of pyridine rings is 1. The molecule has 6 nitrogen and oxygen atoms in total. The number of hydrogen-bond acceptors (Lipinski definition) is 4. The van der Waals surface area contributed by atoms with Crippen LogP contribution in [0.25, 0.3) is 0 Å². The zero-order chi connectivity index (χ0) is 12.1. The number of nitrogens with one attached hydrogen (secondary N) is 1. The van der Waals surface area contributed by atoms with E-state index >= 15 is 0 Å². The van der Waals surface area contributed by atoms with Crippen LogP contribution in [0, 0.1) is 11.8 Å². The molecule has 1 aromatic heterocycles. The Bertz CT molecular complexity index is 425. The zero-order valence-electron chi connectivity index (χ0n) is 7.87. The molecule has 1 aromatic rings. The van der Waals surface area contributed by atoms with Gasteiger partial charge in [0.15, 0.2) is 12.4 Å². The van der Waals surface area contributed by atoms with Crippen LogP contribution in [0.2, 0.25) is 0 Å². The number of amides is 2. The monoisotopic (exact) mass is 231 g/mol. The molecular weight excluding hydrogens is 224 g/mol. The predicted molar refractivity (Wildman–Crippen MR) is 46.8 cm³/mol. The summed E-state index contributed by atoms with van der Waals surface area (Å²) >= 11 is 0. The van der Waals surface area contributed by atoms with Crippen LogP contribution < -0.4 is 11.2 Å². The first-order chi connectivity index (χ1) is 7.52. The molecule has 0 saturated heterocycles. The Labute approximate surface area is 88.4 Å². The molecular formula is C8H7F2N3O3. The van der Waals surface area contributed by atoms with Crippen LogP contribution in [0.4, 0.5) is 8.78 Å². The van der Waals surface area contributed by atoms with Crippen molar-refractivity contribution in [3.63, 3.8) is 0 Å². The van der Waals surface area contributed by atoms with E-state index < -0.39 is 35.7 Å². The number of carbonyl (C=O) groups is 2. The number of halogens is 2. The van der Waals surface area contributed by atoms with Crippen LogP contribution in [0.3, 0.4) is 0 Å². The quantitative estimate of drug-likeness (QED) is 0.539. The molecule has 86 valence electrons. The number of primary amides is 1. The van der Waals surface area contributed by atoms with E-state index in [1.54, 1.807) is 5.48 Å². The second-order valence-electron chi connectivity index (χ2n) is 2.65. The van der Waals surface area contributed by atoms with Crippen LogP contribution in [-0.4, -0.2) is 23.4 Å². The van der Waals surface area contributed by atoms with Gasteiger partial charge < -0.3 is 5.73 Å². The van der Waals surface area contributed by atoms with E-state index in [9.17, 15) is 18.4 Å². The van der Waals surface area contributed by atoms with Gasteiger partial charge in [0, 0.05) is 6.20 Å². The number of aromatic nitrogens is 1. The first-order valence-corrected chi connectivity index (χ1v) is 4.03. The summed E-state index contributed by atoms with van der Waals surface area (Å²) in [7, 11) is 0. The first-order valence-electron chi connectivity index (χ1n) is 4.03. The van der Waals surface area contributed by atoms with Gasteiger partial charge in [0.1, 0.15) is 0 Å². The minimum Gasteiger partial charge on any atom is -0.368 e. The number of carbonyl (C=O) groups excluding carboxylic acids is 2. The summed E-state index contributed by atoms with van der Waals surface area (Å²) in [4.78, 5) is 28.7. The van der Waals surface area contributed by atoms with Gasteiger partial charge >= 0.3 is 0 Å². The lowest BCUT2D eigenvalue weighted by Gasteiger charge is -2.04. The van der Waals surface area contributed by atoms with Gasteiger partial charge in [-0.3, -0.25) is 14.4 Å². The molecule has 0 aliphatic rings. The molecule has 0 spiro atoms. The maximum absolute atomic E-state index is 13.0. The fourth-order valence-electron chi connectivity index (χ4n) is 0.821. The smallest absolute Gasteiger partial charge is 0.278 e. The van der Waals surface area contributed by atoms with Gasteiger partial charge in [0.2, 0.25) is 11.9 Å². The number of hydroxylamine groups is 1. The largest absolute Gasteiger partial charge is 0.368 e. The van der Waals surface area contributed by atoms with E-state index in [-0.39, 0.29) is 0 Å². The number of nitrogens with two attached hydrogens (primary N) is 1. The second kappa shape index (κ2) is 5.12. The highest BCUT2D eigenvalue weighted by atomic mass is 19.2. The highest BCUT2D eigenvalue weighted by Gasteiger charge is 2.16. The molecule has 1 heterocycles. The summed E-state index contributed by atoms with van der Waals surface area (Å²) in [6.45, 7) is -0.569. The molecule has 2 amide bonds. The summed E-state index contributed by atoms with van der Waals surface area (Å²) < 4.78 is 25.6. The Morgan fingerprint density at radius 3 is 2.81 bits per heavy atom. The first kappa shape index (κ1) is 12.0. The lowest BCUT2D eigenvalue weighted by atomic mass is 10.2. The Hall–Kier alpha value is -2.09. The van der Waals surface area contributed by atoms with Crippen LogP contribution in [0.5, 0.6) is 0 Å². The van der Waals surface area contributed by atoms with Gasteiger partial charge in [-0.2, -0.15) is 4.39 Å². The number of nitrogens with zero attached hydrogens (tertiary/aromatic N) is 1. The van der Waals surface area contributed by atoms with Crippen molar-refractivity contribution >= 4 is 11.8 Å². The normalized spacial score (nSPS) is 9.88. The molecule has 0 aromatic carbocycles. The third-order valence-electron chi connectivity index (χ3n) is 1.47. The van der Waals surface area contributed by atoms with E-state index in [4.69, 9.17) is 5.73 Å². The van der Waals surface area contributed by atoms with Gasteiger partial charge in [-0.15, -0.1) is 0 Å². The number of rotatable bonds is 4. The molecule has 8 heteroatoms. The zero-order valence-corrected chi connectivity index (χ0v) is 7.87. The van der Waals surface area contributed by atoms with Crippen LogP contribution in [-0.2, 0) is 9.63 Å². The molecule has 16 heavy (non-hydrogen) atoms. The van der Waals surface area contributed by atoms with Crippen molar-refractivity contribution in [2.24, 2.45) is 5.73 Å². The van der Waals surface area contributed by atoms with Crippen molar-refractivity contribution in [1.29, 1.82) is 0 Å².